The molecule has 4 rings (SSSR count). The number of aryl methyl sites for hydroxylation is 1. The monoisotopic (exact) mass is 396 g/mol. The topological polar surface area (TPSA) is 83.2 Å². The summed E-state index contributed by atoms with van der Waals surface area (Å²) in [4.78, 5) is 29.0. The molecule has 7 nitrogen and oxygen atoms in total. The molecule has 1 aromatic carbocycles. The van der Waals surface area contributed by atoms with Crippen molar-refractivity contribution < 1.29 is 23.8 Å². The summed E-state index contributed by atoms with van der Waals surface area (Å²) in [6, 6.07) is 8.04. The number of rotatable bonds is 4. The number of amides is 1. The normalized spacial score (nSPS) is 20.7. The van der Waals surface area contributed by atoms with Gasteiger partial charge < -0.3 is 24.1 Å². The van der Waals surface area contributed by atoms with Crippen molar-refractivity contribution in [1.82, 2.24) is 4.90 Å². The summed E-state index contributed by atoms with van der Waals surface area (Å²) in [6.45, 7) is 5.45. The Morgan fingerprint density at radius 1 is 1.24 bits per heavy atom. The number of likely N-dealkylation sites (N-methyl/N-ethyl adjacent to an activating group) is 1. The first-order valence-corrected chi connectivity index (χ1v) is 9.75. The highest BCUT2D eigenvalue weighted by Gasteiger charge is 2.47. The number of likely N-dealkylation sites (tertiary alicyclic amines) is 1. The van der Waals surface area contributed by atoms with Crippen molar-refractivity contribution in [3.05, 3.63) is 53.0 Å². The smallest absolute Gasteiger partial charge is 0.295 e. The zero-order valence-electron chi connectivity index (χ0n) is 16.8. The average Bonchev–Trinajstić information content (AvgIpc) is 3.24. The average molecular weight is 396 g/mol. The molecule has 2 aromatic rings. The van der Waals surface area contributed by atoms with E-state index >= 15 is 0 Å². The number of nitrogens with zero attached hydrogens (tertiary/aromatic N) is 2. The van der Waals surface area contributed by atoms with Gasteiger partial charge in [-0.3, -0.25) is 9.59 Å². The van der Waals surface area contributed by atoms with Crippen LogP contribution in [0.4, 0.5) is 5.69 Å². The van der Waals surface area contributed by atoms with Crippen LogP contribution in [0, 0.1) is 6.92 Å². The van der Waals surface area contributed by atoms with Gasteiger partial charge in [-0.05, 0) is 43.7 Å². The molecule has 1 N–H and O–H groups in total. The summed E-state index contributed by atoms with van der Waals surface area (Å²) in [5.41, 5.74) is 1.34. The fourth-order valence-electron chi connectivity index (χ4n) is 3.90. The van der Waals surface area contributed by atoms with Gasteiger partial charge in [-0.25, -0.2) is 0 Å². The van der Waals surface area contributed by atoms with Gasteiger partial charge in [0, 0.05) is 19.2 Å². The molecule has 7 heteroatoms. The van der Waals surface area contributed by atoms with Gasteiger partial charge in [0.05, 0.1) is 17.8 Å². The molecule has 152 valence electrons. The Balaban J connectivity index is 1.85. The van der Waals surface area contributed by atoms with Gasteiger partial charge in [0.15, 0.2) is 0 Å². The molecule has 1 fully saturated rings. The fraction of sp³-hybridized carbons (Fsp3) is 0.364. The minimum Gasteiger partial charge on any atom is -0.507 e. The lowest BCUT2D eigenvalue weighted by molar-refractivity contribution is -0.140. The zero-order valence-corrected chi connectivity index (χ0v) is 16.8. The van der Waals surface area contributed by atoms with E-state index in [1.165, 1.54) is 4.90 Å². The van der Waals surface area contributed by atoms with E-state index < -0.39 is 17.7 Å². The highest BCUT2D eigenvalue weighted by Crippen LogP contribution is 2.41. The quantitative estimate of drug-likeness (QED) is 0.485. The molecule has 0 aliphatic carbocycles. The highest BCUT2D eigenvalue weighted by molar-refractivity contribution is 6.46. The number of hydrogen-bond acceptors (Lipinski definition) is 6. The number of ketones is 1. The predicted octanol–water partition coefficient (Wildman–Crippen LogP) is 3.25. The maximum atomic E-state index is 12.9. The number of aliphatic hydroxyl groups excluding tert-OH is 1. The van der Waals surface area contributed by atoms with Gasteiger partial charge in [-0.1, -0.05) is 6.92 Å². The number of carbonyl (C=O) groups is 2. The summed E-state index contributed by atoms with van der Waals surface area (Å²) >= 11 is 0. The lowest BCUT2D eigenvalue weighted by atomic mass is 9.98. The van der Waals surface area contributed by atoms with E-state index in [2.05, 4.69) is 0 Å². The number of furan rings is 1. The molecule has 1 unspecified atom stereocenters. The molecule has 1 aromatic heterocycles. The van der Waals surface area contributed by atoms with Crippen LogP contribution in [0.2, 0.25) is 0 Å². The summed E-state index contributed by atoms with van der Waals surface area (Å²) in [7, 11) is 1.94. The number of fused-ring (bicyclic) bond motifs is 1. The molecule has 0 radical (unpaired) electrons. The van der Waals surface area contributed by atoms with Crippen molar-refractivity contribution in [2.45, 2.75) is 26.3 Å². The molecule has 3 heterocycles. The van der Waals surface area contributed by atoms with E-state index in [-0.39, 0.29) is 11.3 Å². The Kier molecular flexibility index (Phi) is 4.82. The first kappa shape index (κ1) is 19.1. The SMILES string of the molecule is CCCN1C(=O)C(=O)/C(=C(\O)c2ccc3c(c2)N(C)CCO3)C1c1ccc(C)o1. The number of benzene rings is 1. The molecule has 0 bridgehead atoms. The fourth-order valence-corrected chi connectivity index (χ4v) is 3.90. The van der Waals surface area contributed by atoms with Crippen LogP contribution in [0.15, 0.2) is 40.3 Å². The van der Waals surface area contributed by atoms with Crippen molar-refractivity contribution in [1.29, 1.82) is 0 Å². The van der Waals surface area contributed by atoms with Crippen LogP contribution in [0.3, 0.4) is 0 Å². The standard InChI is InChI=1S/C22H24N2O5/c1-4-9-24-19(17-7-5-13(2)29-17)18(21(26)22(24)27)20(25)14-6-8-16-15(12-14)23(3)10-11-28-16/h5-8,12,19,25H,4,9-11H2,1-3H3/b20-18-. The molecule has 2 aliphatic heterocycles. The first-order chi connectivity index (χ1) is 13.9. The molecule has 1 saturated heterocycles. The highest BCUT2D eigenvalue weighted by atomic mass is 16.5. The van der Waals surface area contributed by atoms with Crippen LogP contribution in [0.25, 0.3) is 5.76 Å². The van der Waals surface area contributed by atoms with Crippen LogP contribution in [0.1, 0.15) is 36.5 Å². The van der Waals surface area contributed by atoms with E-state index in [4.69, 9.17) is 9.15 Å². The Morgan fingerprint density at radius 2 is 2.03 bits per heavy atom. The minimum atomic E-state index is -0.742. The summed E-state index contributed by atoms with van der Waals surface area (Å²) < 4.78 is 11.4. The lowest BCUT2D eigenvalue weighted by Gasteiger charge is -2.28. The molecule has 1 amide bonds. The van der Waals surface area contributed by atoms with Crippen molar-refractivity contribution in [3.63, 3.8) is 0 Å². The van der Waals surface area contributed by atoms with Crippen molar-refractivity contribution >= 4 is 23.1 Å². The van der Waals surface area contributed by atoms with Gasteiger partial charge in [-0.15, -0.1) is 0 Å². The van der Waals surface area contributed by atoms with Crippen molar-refractivity contribution in [2.24, 2.45) is 0 Å². The maximum Gasteiger partial charge on any atom is 0.295 e. The Labute approximate surface area is 169 Å². The predicted molar refractivity (Wildman–Crippen MR) is 108 cm³/mol. The lowest BCUT2D eigenvalue weighted by Crippen LogP contribution is -2.30. The molecular formula is C22H24N2O5. The van der Waals surface area contributed by atoms with Gasteiger partial charge in [0.2, 0.25) is 0 Å². The number of aliphatic hydroxyl groups is 1. The number of ether oxygens (including phenoxy) is 1. The molecule has 29 heavy (non-hydrogen) atoms. The second-order valence-electron chi connectivity index (χ2n) is 7.39. The van der Waals surface area contributed by atoms with Gasteiger partial charge >= 0.3 is 0 Å². The molecule has 2 aliphatic rings. The maximum absolute atomic E-state index is 12.9. The van der Waals surface area contributed by atoms with Crippen molar-refractivity contribution in [2.75, 3.05) is 31.6 Å². The van der Waals surface area contributed by atoms with Crippen LogP contribution >= 0.6 is 0 Å². The molecular weight excluding hydrogens is 372 g/mol. The Morgan fingerprint density at radius 3 is 2.72 bits per heavy atom. The second kappa shape index (κ2) is 7.31. The third kappa shape index (κ3) is 3.16. The summed E-state index contributed by atoms with van der Waals surface area (Å²) in [5.74, 6) is 0.343. The zero-order chi connectivity index (χ0) is 20.7. The Hall–Kier alpha value is -3.22. The largest absolute Gasteiger partial charge is 0.507 e. The van der Waals surface area contributed by atoms with Crippen LogP contribution in [-0.2, 0) is 9.59 Å². The van der Waals surface area contributed by atoms with E-state index in [1.807, 2.05) is 18.9 Å². The Bertz CT molecular complexity index is 1010. The summed E-state index contributed by atoms with van der Waals surface area (Å²) in [5, 5.41) is 11.1. The third-order valence-electron chi connectivity index (χ3n) is 5.36. The van der Waals surface area contributed by atoms with Crippen LogP contribution < -0.4 is 9.64 Å². The van der Waals surface area contributed by atoms with Crippen LogP contribution in [-0.4, -0.2) is 48.4 Å². The van der Waals surface area contributed by atoms with Crippen LogP contribution in [0.5, 0.6) is 5.75 Å². The number of carbonyl (C=O) groups excluding carboxylic acids is 2. The molecule has 0 spiro atoms. The summed E-state index contributed by atoms with van der Waals surface area (Å²) in [6.07, 6.45) is 0.685. The van der Waals surface area contributed by atoms with E-state index in [0.29, 0.717) is 36.7 Å². The van der Waals surface area contributed by atoms with E-state index in [9.17, 15) is 14.7 Å². The number of hydrogen-bond donors (Lipinski definition) is 1. The van der Waals surface area contributed by atoms with Gasteiger partial charge in [-0.2, -0.15) is 0 Å². The molecule has 1 atom stereocenters. The molecule has 0 saturated carbocycles. The van der Waals surface area contributed by atoms with E-state index in [1.54, 1.807) is 37.3 Å². The van der Waals surface area contributed by atoms with Crippen molar-refractivity contribution in [3.8, 4) is 5.75 Å². The minimum absolute atomic E-state index is 0.0529. The first-order valence-electron chi connectivity index (χ1n) is 9.75. The van der Waals surface area contributed by atoms with E-state index in [0.717, 1.165) is 18.0 Å². The second-order valence-corrected chi connectivity index (χ2v) is 7.39. The number of Topliss-reactive ketones (excluding diaryl/α,β-unsaturated/α-hetero) is 1. The van der Waals surface area contributed by atoms with Gasteiger partial charge in [0.1, 0.15) is 35.7 Å². The van der Waals surface area contributed by atoms with Gasteiger partial charge in [0.25, 0.3) is 11.7 Å². The third-order valence-corrected chi connectivity index (χ3v) is 5.36. The number of anilines is 1.